The van der Waals surface area contributed by atoms with Gasteiger partial charge in [0.2, 0.25) is 0 Å². The minimum absolute atomic E-state index is 0.323. The van der Waals surface area contributed by atoms with E-state index in [1.165, 1.54) is 25.7 Å². The maximum atomic E-state index is 10.4. The van der Waals surface area contributed by atoms with Gasteiger partial charge in [0.15, 0.2) is 0 Å². The quantitative estimate of drug-likeness (QED) is 0.696. The van der Waals surface area contributed by atoms with E-state index in [2.05, 4.69) is 18.9 Å². The fraction of sp³-hybridized carbons (Fsp3) is 0.929. The first-order valence-corrected chi connectivity index (χ1v) is 7.03. The van der Waals surface area contributed by atoms with E-state index in [9.17, 15) is 4.79 Å². The molecule has 0 aliphatic heterocycles. The summed E-state index contributed by atoms with van der Waals surface area (Å²) in [6, 6.07) is 0.753. The highest BCUT2D eigenvalue weighted by molar-refractivity contribution is 5.66. The first-order chi connectivity index (χ1) is 8.11. The van der Waals surface area contributed by atoms with Gasteiger partial charge in [0.25, 0.3) is 0 Å². The smallest absolute Gasteiger partial charge is 0.303 e. The van der Waals surface area contributed by atoms with Crippen molar-refractivity contribution in [3.8, 4) is 0 Å². The fourth-order valence-corrected chi connectivity index (χ4v) is 2.93. The number of aliphatic carboxylic acids is 1. The molecule has 1 aliphatic carbocycles. The van der Waals surface area contributed by atoms with Crippen LogP contribution in [0.4, 0.5) is 0 Å². The molecule has 0 radical (unpaired) electrons. The van der Waals surface area contributed by atoms with Gasteiger partial charge in [-0.2, -0.15) is 0 Å². The molecule has 1 saturated carbocycles. The molecular formula is C14H27NO2. The summed E-state index contributed by atoms with van der Waals surface area (Å²) in [6.07, 6.45) is 8.79. The van der Waals surface area contributed by atoms with Crippen LogP contribution in [0.5, 0.6) is 0 Å². The second-order valence-corrected chi connectivity index (χ2v) is 5.51. The zero-order chi connectivity index (χ0) is 12.7. The lowest BCUT2D eigenvalue weighted by Gasteiger charge is -2.36. The third kappa shape index (κ3) is 5.53. The van der Waals surface area contributed by atoms with E-state index in [0.717, 1.165) is 37.8 Å². The van der Waals surface area contributed by atoms with E-state index in [1.807, 2.05) is 0 Å². The highest BCUT2D eigenvalue weighted by Crippen LogP contribution is 2.27. The fourth-order valence-electron chi connectivity index (χ4n) is 2.93. The van der Waals surface area contributed by atoms with Crippen molar-refractivity contribution in [2.75, 3.05) is 13.6 Å². The Labute approximate surface area is 105 Å². The van der Waals surface area contributed by atoms with Gasteiger partial charge in [0, 0.05) is 12.5 Å². The summed E-state index contributed by atoms with van der Waals surface area (Å²) in [5, 5.41) is 8.55. The Morgan fingerprint density at radius 1 is 1.24 bits per heavy atom. The van der Waals surface area contributed by atoms with Crippen LogP contribution in [0.1, 0.15) is 58.3 Å². The molecule has 0 heterocycles. The van der Waals surface area contributed by atoms with Gasteiger partial charge in [0.05, 0.1) is 0 Å². The van der Waals surface area contributed by atoms with E-state index < -0.39 is 5.97 Å². The predicted octanol–water partition coefficient (Wildman–Crippen LogP) is 3.14. The van der Waals surface area contributed by atoms with Crippen LogP contribution in [0.2, 0.25) is 0 Å². The maximum absolute atomic E-state index is 10.4. The lowest BCUT2D eigenvalue weighted by atomic mass is 9.85. The standard InChI is InChI=1S/C14H27NO2/c1-12-8-5-6-9-13(12)15(2)11-7-3-4-10-14(16)17/h12-13H,3-11H2,1-2H3,(H,16,17). The Balaban J connectivity index is 2.11. The van der Waals surface area contributed by atoms with Gasteiger partial charge in [-0.25, -0.2) is 0 Å². The Morgan fingerprint density at radius 3 is 2.59 bits per heavy atom. The van der Waals surface area contributed by atoms with Gasteiger partial charge in [-0.15, -0.1) is 0 Å². The molecule has 0 amide bonds. The number of carboxylic acid groups (broad SMARTS) is 1. The molecule has 0 aromatic heterocycles. The van der Waals surface area contributed by atoms with E-state index in [4.69, 9.17) is 5.11 Å². The summed E-state index contributed by atoms with van der Waals surface area (Å²) >= 11 is 0. The molecule has 1 aliphatic rings. The minimum atomic E-state index is -0.667. The van der Waals surface area contributed by atoms with Crippen molar-refractivity contribution in [2.24, 2.45) is 5.92 Å². The summed E-state index contributed by atoms with van der Waals surface area (Å²) < 4.78 is 0. The molecule has 2 atom stereocenters. The third-order valence-corrected chi connectivity index (χ3v) is 4.03. The van der Waals surface area contributed by atoms with Gasteiger partial charge in [0.1, 0.15) is 0 Å². The predicted molar refractivity (Wildman–Crippen MR) is 70.2 cm³/mol. The van der Waals surface area contributed by atoms with Crippen LogP contribution in [0.15, 0.2) is 0 Å². The Hall–Kier alpha value is -0.570. The average Bonchev–Trinajstić information content (AvgIpc) is 2.28. The van der Waals surface area contributed by atoms with Crippen molar-refractivity contribution >= 4 is 5.97 Å². The van der Waals surface area contributed by atoms with Crippen molar-refractivity contribution in [1.29, 1.82) is 0 Å². The number of unbranched alkanes of at least 4 members (excludes halogenated alkanes) is 2. The third-order valence-electron chi connectivity index (χ3n) is 4.03. The van der Waals surface area contributed by atoms with Gasteiger partial charge in [-0.1, -0.05) is 26.2 Å². The number of carboxylic acids is 1. The van der Waals surface area contributed by atoms with Gasteiger partial charge in [-0.3, -0.25) is 4.79 Å². The monoisotopic (exact) mass is 241 g/mol. The molecular weight excluding hydrogens is 214 g/mol. The van der Waals surface area contributed by atoms with Crippen LogP contribution in [-0.2, 0) is 4.79 Å². The van der Waals surface area contributed by atoms with Crippen molar-refractivity contribution in [2.45, 2.75) is 64.3 Å². The molecule has 0 saturated heterocycles. The van der Waals surface area contributed by atoms with E-state index in [1.54, 1.807) is 0 Å². The molecule has 0 spiro atoms. The summed E-state index contributed by atoms with van der Waals surface area (Å²) in [5.74, 6) is 0.159. The second-order valence-electron chi connectivity index (χ2n) is 5.51. The Morgan fingerprint density at radius 2 is 1.94 bits per heavy atom. The number of nitrogens with zero attached hydrogens (tertiary/aromatic N) is 1. The molecule has 3 heteroatoms. The second kappa shape index (κ2) is 7.70. The summed E-state index contributed by atoms with van der Waals surface area (Å²) in [5.41, 5.74) is 0. The molecule has 0 aromatic rings. The van der Waals surface area contributed by atoms with Crippen molar-refractivity contribution in [3.63, 3.8) is 0 Å². The molecule has 17 heavy (non-hydrogen) atoms. The zero-order valence-corrected chi connectivity index (χ0v) is 11.3. The lowest BCUT2D eigenvalue weighted by Crippen LogP contribution is -2.39. The van der Waals surface area contributed by atoms with Crippen LogP contribution in [0, 0.1) is 5.92 Å². The highest BCUT2D eigenvalue weighted by Gasteiger charge is 2.24. The highest BCUT2D eigenvalue weighted by atomic mass is 16.4. The number of hydrogen-bond acceptors (Lipinski definition) is 2. The van der Waals surface area contributed by atoms with E-state index in [-0.39, 0.29) is 0 Å². The van der Waals surface area contributed by atoms with Crippen LogP contribution < -0.4 is 0 Å². The number of carbonyl (C=O) groups is 1. The van der Waals surface area contributed by atoms with E-state index in [0.29, 0.717) is 6.42 Å². The molecule has 1 N–H and O–H groups in total. The summed E-state index contributed by atoms with van der Waals surface area (Å²) in [7, 11) is 2.23. The van der Waals surface area contributed by atoms with Crippen LogP contribution >= 0.6 is 0 Å². The molecule has 1 fully saturated rings. The Kier molecular flexibility index (Phi) is 6.56. The molecule has 0 aromatic carbocycles. The van der Waals surface area contributed by atoms with Gasteiger partial charge >= 0.3 is 5.97 Å². The maximum Gasteiger partial charge on any atom is 0.303 e. The van der Waals surface area contributed by atoms with Crippen molar-refractivity contribution < 1.29 is 9.90 Å². The van der Waals surface area contributed by atoms with Crippen molar-refractivity contribution in [1.82, 2.24) is 4.90 Å². The molecule has 2 unspecified atom stereocenters. The largest absolute Gasteiger partial charge is 0.481 e. The van der Waals surface area contributed by atoms with Crippen LogP contribution in [0.25, 0.3) is 0 Å². The summed E-state index contributed by atoms with van der Waals surface area (Å²) in [4.78, 5) is 12.9. The Bertz CT molecular complexity index is 230. The molecule has 1 rings (SSSR count). The van der Waals surface area contributed by atoms with Gasteiger partial charge in [-0.05, 0) is 45.2 Å². The minimum Gasteiger partial charge on any atom is -0.481 e. The molecule has 0 bridgehead atoms. The normalized spacial score (nSPS) is 25.1. The SMILES string of the molecule is CC1CCCCC1N(C)CCCCCC(=O)O. The topological polar surface area (TPSA) is 40.5 Å². The first-order valence-electron chi connectivity index (χ1n) is 7.03. The van der Waals surface area contributed by atoms with Crippen LogP contribution in [0.3, 0.4) is 0 Å². The van der Waals surface area contributed by atoms with Crippen molar-refractivity contribution in [3.05, 3.63) is 0 Å². The van der Waals surface area contributed by atoms with Gasteiger partial charge < -0.3 is 10.0 Å². The van der Waals surface area contributed by atoms with Crippen LogP contribution in [-0.4, -0.2) is 35.6 Å². The number of hydrogen-bond donors (Lipinski definition) is 1. The molecule has 100 valence electrons. The molecule has 3 nitrogen and oxygen atoms in total. The summed E-state index contributed by atoms with van der Waals surface area (Å²) in [6.45, 7) is 3.49. The van der Waals surface area contributed by atoms with E-state index >= 15 is 0 Å². The first kappa shape index (κ1) is 14.5. The average molecular weight is 241 g/mol. The zero-order valence-electron chi connectivity index (χ0n) is 11.3. The lowest BCUT2D eigenvalue weighted by molar-refractivity contribution is -0.137. The number of rotatable bonds is 7.